The van der Waals surface area contributed by atoms with Gasteiger partial charge in [-0.2, -0.15) is 8.42 Å². The number of likely N-dealkylation sites (tertiary alicyclic amines) is 1. The summed E-state index contributed by atoms with van der Waals surface area (Å²) in [6.45, 7) is 6.07. The number of hydrogen-bond acceptors (Lipinski definition) is 4. The van der Waals surface area contributed by atoms with Crippen LogP contribution in [0.2, 0.25) is 0 Å². The maximum atomic E-state index is 14.7. The lowest BCUT2D eigenvalue weighted by Gasteiger charge is -2.28. The molecule has 1 fully saturated rings. The van der Waals surface area contributed by atoms with Crippen LogP contribution in [-0.4, -0.2) is 38.0 Å². The van der Waals surface area contributed by atoms with Crippen LogP contribution in [0.3, 0.4) is 0 Å². The summed E-state index contributed by atoms with van der Waals surface area (Å²) < 4.78 is 62.8. The molecule has 0 spiro atoms. The first-order chi connectivity index (χ1) is 17.6. The van der Waals surface area contributed by atoms with E-state index in [4.69, 9.17) is 4.18 Å². The van der Waals surface area contributed by atoms with Gasteiger partial charge in [0.1, 0.15) is 17.4 Å². The molecule has 1 aliphatic carbocycles. The zero-order valence-electron chi connectivity index (χ0n) is 21.4. The molecule has 1 atom stereocenters. The van der Waals surface area contributed by atoms with Gasteiger partial charge in [-0.3, -0.25) is 0 Å². The third kappa shape index (κ3) is 5.09. The molecule has 0 N–H and O–H groups in total. The van der Waals surface area contributed by atoms with Gasteiger partial charge in [-0.25, -0.2) is 8.78 Å². The number of benzene rings is 2. The number of fused-ring (bicyclic) bond motifs is 1. The highest BCUT2D eigenvalue weighted by atomic mass is 32.2. The van der Waals surface area contributed by atoms with Crippen LogP contribution < -0.4 is 4.18 Å². The average molecular weight is 527 g/mol. The average Bonchev–Trinajstić information content (AvgIpc) is 3.20. The molecule has 5 nitrogen and oxygen atoms in total. The Bertz CT molecular complexity index is 1480. The lowest BCUT2D eigenvalue weighted by molar-refractivity contribution is 0.256. The molecule has 8 heteroatoms. The second-order valence-electron chi connectivity index (χ2n) is 10.3. The SMILES string of the molecule is Cc1cc(OS(=O)(=O)C2=C(F)C(C)CC=C2F)cc2c(C3CCN(C)CC3)cn(Cc3ccccc3)c12. The Kier molecular flexibility index (Phi) is 6.98. The number of hydrogen-bond donors (Lipinski definition) is 0. The molecule has 1 unspecified atom stereocenters. The van der Waals surface area contributed by atoms with E-state index in [1.54, 1.807) is 12.1 Å². The molecule has 2 aromatic carbocycles. The highest BCUT2D eigenvalue weighted by molar-refractivity contribution is 7.91. The lowest BCUT2D eigenvalue weighted by Crippen LogP contribution is -2.29. The molecule has 1 aliphatic heterocycles. The second kappa shape index (κ2) is 10.1. The van der Waals surface area contributed by atoms with Gasteiger partial charge in [-0.15, -0.1) is 0 Å². The van der Waals surface area contributed by atoms with Crippen LogP contribution in [-0.2, 0) is 16.7 Å². The maximum absolute atomic E-state index is 14.7. The minimum atomic E-state index is -4.69. The van der Waals surface area contributed by atoms with Gasteiger partial charge >= 0.3 is 10.1 Å². The minimum Gasteiger partial charge on any atom is -0.379 e. The van der Waals surface area contributed by atoms with E-state index in [9.17, 15) is 17.2 Å². The maximum Gasteiger partial charge on any atom is 0.344 e. The Balaban J connectivity index is 1.58. The second-order valence-corrected chi connectivity index (χ2v) is 11.8. The first-order valence-corrected chi connectivity index (χ1v) is 14.1. The smallest absolute Gasteiger partial charge is 0.344 e. The van der Waals surface area contributed by atoms with Crippen LogP contribution in [0.5, 0.6) is 5.75 Å². The summed E-state index contributed by atoms with van der Waals surface area (Å²) in [6.07, 6.45) is 5.37. The summed E-state index contributed by atoms with van der Waals surface area (Å²) in [5, 5.41) is 0.915. The summed E-state index contributed by atoms with van der Waals surface area (Å²) in [5.41, 5.74) is 4.14. The van der Waals surface area contributed by atoms with Crippen molar-refractivity contribution < 1.29 is 21.4 Å². The van der Waals surface area contributed by atoms with Gasteiger partial charge in [0.15, 0.2) is 4.91 Å². The Labute approximate surface area is 217 Å². The fraction of sp³-hybridized carbons (Fsp3) is 0.379. The molecule has 196 valence electrons. The summed E-state index contributed by atoms with van der Waals surface area (Å²) in [7, 11) is -2.58. The highest BCUT2D eigenvalue weighted by Crippen LogP contribution is 2.40. The van der Waals surface area contributed by atoms with Crippen molar-refractivity contribution in [1.29, 1.82) is 0 Å². The Morgan fingerprint density at radius 2 is 1.78 bits per heavy atom. The molecule has 1 saturated heterocycles. The van der Waals surface area contributed by atoms with Crippen LogP contribution in [0, 0.1) is 12.8 Å². The van der Waals surface area contributed by atoms with Crippen LogP contribution in [0.25, 0.3) is 10.9 Å². The molecule has 5 rings (SSSR count). The van der Waals surface area contributed by atoms with Gasteiger partial charge in [0, 0.05) is 24.0 Å². The normalized spacial score (nSPS) is 19.9. The first-order valence-electron chi connectivity index (χ1n) is 12.7. The summed E-state index contributed by atoms with van der Waals surface area (Å²) in [4.78, 5) is 1.31. The molecule has 0 amide bonds. The largest absolute Gasteiger partial charge is 0.379 e. The summed E-state index contributed by atoms with van der Waals surface area (Å²) in [5.74, 6) is -2.45. The molecule has 2 heterocycles. The van der Waals surface area contributed by atoms with Crippen molar-refractivity contribution in [3.63, 3.8) is 0 Å². The van der Waals surface area contributed by atoms with Crippen molar-refractivity contribution in [2.45, 2.75) is 45.6 Å². The molecule has 37 heavy (non-hydrogen) atoms. The Hall–Kier alpha value is -2.97. The Morgan fingerprint density at radius 1 is 1.08 bits per heavy atom. The monoisotopic (exact) mass is 526 g/mol. The highest BCUT2D eigenvalue weighted by Gasteiger charge is 2.34. The number of aryl methyl sites for hydroxylation is 1. The Morgan fingerprint density at radius 3 is 2.49 bits per heavy atom. The van der Waals surface area contributed by atoms with Crippen molar-refractivity contribution in [1.82, 2.24) is 9.47 Å². The molecule has 0 saturated carbocycles. The van der Waals surface area contributed by atoms with Crippen LogP contribution in [0.4, 0.5) is 8.78 Å². The van der Waals surface area contributed by atoms with Gasteiger partial charge in [0.25, 0.3) is 0 Å². The molecule has 0 bridgehead atoms. The predicted molar refractivity (Wildman–Crippen MR) is 142 cm³/mol. The van der Waals surface area contributed by atoms with E-state index >= 15 is 0 Å². The minimum absolute atomic E-state index is 0.0583. The van der Waals surface area contributed by atoms with Gasteiger partial charge in [0.2, 0.25) is 0 Å². The number of aromatic nitrogens is 1. The number of allylic oxidation sites excluding steroid dienone is 3. The molecule has 2 aliphatic rings. The fourth-order valence-electron chi connectivity index (χ4n) is 5.47. The van der Waals surface area contributed by atoms with Gasteiger partial charge in [0.05, 0.1) is 5.52 Å². The standard InChI is InChI=1S/C29H32F2N2O3S/c1-19-9-10-26(30)29(27(19)31)37(34,35)36-23-15-20(2)28-24(16-23)25(22-11-13-32(3)14-12-22)18-33(28)17-21-7-5-4-6-8-21/h4-8,10,15-16,18-19,22H,9,11-14,17H2,1-3H3. The van der Waals surface area contributed by atoms with Crippen LogP contribution in [0.1, 0.15) is 48.8 Å². The third-order valence-corrected chi connectivity index (χ3v) is 8.80. The van der Waals surface area contributed by atoms with E-state index in [2.05, 4.69) is 34.8 Å². The summed E-state index contributed by atoms with van der Waals surface area (Å²) >= 11 is 0. The van der Waals surface area contributed by atoms with Crippen molar-refractivity contribution >= 4 is 21.0 Å². The number of halogens is 2. The van der Waals surface area contributed by atoms with E-state index in [0.29, 0.717) is 12.5 Å². The molecule has 0 radical (unpaired) electrons. The zero-order chi connectivity index (χ0) is 26.3. The summed E-state index contributed by atoms with van der Waals surface area (Å²) in [6, 6.07) is 13.5. The third-order valence-electron chi connectivity index (χ3n) is 7.49. The number of nitrogens with zero attached hydrogens (tertiary/aromatic N) is 2. The van der Waals surface area contributed by atoms with Crippen LogP contribution >= 0.6 is 0 Å². The molecule has 3 aromatic rings. The fourth-order valence-corrected chi connectivity index (χ4v) is 6.66. The number of piperidine rings is 1. The van der Waals surface area contributed by atoms with Crippen LogP contribution in [0.15, 0.2) is 71.3 Å². The topological polar surface area (TPSA) is 51.5 Å². The predicted octanol–water partition coefficient (Wildman–Crippen LogP) is 6.59. The van der Waals surface area contributed by atoms with Gasteiger partial charge in [-0.05, 0) is 87.1 Å². The van der Waals surface area contributed by atoms with E-state index in [1.165, 1.54) is 6.92 Å². The van der Waals surface area contributed by atoms with Gasteiger partial charge < -0.3 is 13.7 Å². The molecular weight excluding hydrogens is 494 g/mol. The quantitative estimate of drug-likeness (QED) is 0.340. The lowest BCUT2D eigenvalue weighted by atomic mass is 9.89. The van der Waals surface area contributed by atoms with Crippen molar-refractivity contribution in [2.75, 3.05) is 20.1 Å². The van der Waals surface area contributed by atoms with Gasteiger partial charge in [-0.1, -0.05) is 37.3 Å². The zero-order valence-corrected chi connectivity index (χ0v) is 22.2. The first kappa shape index (κ1) is 25.7. The van der Waals surface area contributed by atoms with E-state index in [0.717, 1.165) is 59.6 Å². The van der Waals surface area contributed by atoms with Crippen molar-refractivity contribution in [3.8, 4) is 5.75 Å². The molecular formula is C29H32F2N2O3S. The van der Waals surface area contributed by atoms with E-state index in [1.807, 2.05) is 25.1 Å². The van der Waals surface area contributed by atoms with Crippen molar-refractivity contribution in [2.24, 2.45) is 5.92 Å². The van der Waals surface area contributed by atoms with E-state index < -0.39 is 32.6 Å². The molecule has 1 aromatic heterocycles. The van der Waals surface area contributed by atoms with E-state index in [-0.39, 0.29) is 12.2 Å². The number of rotatable bonds is 6. The van der Waals surface area contributed by atoms with Crippen molar-refractivity contribution in [3.05, 3.63) is 88.0 Å².